The van der Waals surface area contributed by atoms with Crippen LogP contribution in [0.25, 0.3) is 0 Å². The van der Waals surface area contributed by atoms with Crippen molar-refractivity contribution in [1.29, 1.82) is 0 Å². The highest BCUT2D eigenvalue weighted by Gasteiger charge is 2.43. The van der Waals surface area contributed by atoms with Crippen molar-refractivity contribution in [2.45, 2.75) is 122 Å². The molecule has 0 aromatic heterocycles. The van der Waals surface area contributed by atoms with E-state index in [1.165, 1.54) is 51.4 Å². The summed E-state index contributed by atoms with van der Waals surface area (Å²) in [5.74, 6) is 5.56. The predicted molar refractivity (Wildman–Crippen MR) is 128 cm³/mol. The SMILES string of the molecule is CCC(O)CCCCC1CCC2CC(=O)CC12.O=C1CC2CCC(CCCCCO)C2C1. The Hall–Kier alpha value is -0.740. The molecule has 0 amide bonds. The Labute approximate surface area is 195 Å². The van der Waals surface area contributed by atoms with Crippen LogP contribution in [0.5, 0.6) is 0 Å². The molecular formula is C28H48O4. The molecule has 0 saturated heterocycles. The Kier molecular flexibility index (Phi) is 10.7. The molecule has 184 valence electrons. The molecule has 0 bridgehead atoms. The zero-order chi connectivity index (χ0) is 22.9. The van der Waals surface area contributed by atoms with Gasteiger partial charge in [-0.2, -0.15) is 0 Å². The van der Waals surface area contributed by atoms with E-state index in [1.54, 1.807) is 0 Å². The van der Waals surface area contributed by atoms with E-state index in [2.05, 4.69) is 0 Å². The van der Waals surface area contributed by atoms with Crippen LogP contribution in [0.15, 0.2) is 0 Å². The van der Waals surface area contributed by atoms with E-state index in [4.69, 9.17) is 5.11 Å². The Bertz CT molecular complexity index is 588. The van der Waals surface area contributed by atoms with Crippen molar-refractivity contribution < 1.29 is 19.8 Å². The lowest BCUT2D eigenvalue weighted by molar-refractivity contribution is -0.118. The van der Waals surface area contributed by atoms with Crippen LogP contribution in [0.3, 0.4) is 0 Å². The monoisotopic (exact) mass is 448 g/mol. The van der Waals surface area contributed by atoms with Gasteiger partial charge in [-0.25, -0.2) is 0 Å². The Morgan fingerprint density at radius 2 is 1.28 bits per heavy atom. The van der Waals surface area contributed by atoms with Gasteiger partial charge in [0.05, 0.1) is 6.10 Å². The number of hydrogen-bond donors (Lipinski definition) is 2. The summed E-state index contributed by atoms with van der Waals surface area (Å²) in [5.41, 5.74) is 0. The third-order valence-corrected chi connectivity index (χ3v) is 9.21. The van der Waals surface area contributed by atoms with E-state index in [0.717, 1.165) is 93.3 Å². The summed E-state index contributed by atoms with van der Waals surface area (Å²) in [6.45, 7) is 2.37. The molecule has 4 fully saturated rings. The van der Waals surface area contributed by atoms with Crippen LogP contribution in [0.4, 0.5) is 0 Å². The molecule has 32 heavy (non-hydrogen) atoms. The van der Waals surface area contributed by atoms with Crippen LogP contribution < -0.4 is 0 Å². The largest absolute Gasteiger partial charge is 0.396 e. The predicted octanol–water partition coefficient (Wildman–Crippen LogP) is 5.87. The fraction of sp³-hybridized carbons (Fsp3) is 0.929. The van der Waals surface area contributed by atoms with Gasteiger partial charge < -0.3 is 10.2 Å². The van der Waals surface area contributed by atoms with Gasteiger partial charge in [-0.15, -0.1) is 0 Å². The number of fused-ring (bicyclic) bond motifs is 2. The molecule has 0 aliphatic heterocycles. The molecule has 0 radical (unpaired) electrons. The average molecular weight is 449 g/mol. The van der Waals surface area contributed by atoms with Crippen LogP contribution in [-0.2, 0) is 9.59 Å². The first-order valence-corrected chi connectivity index (χ1v) is 13.8. The van der Waals surface area contributed by atoms with E-state index in [1.807, 2.05) is 6.92 Å². The van der Waals surface area contributed by atoms with Gasteiger partial charge >= 0.3 is 0 Å². The highest BCUT2D eigenvalue weighted by atomic mass is 16.3. The normalized spacial score (nSPS) is 34.3. The van der Waals surface area contributed by atoms with Gasteiger partial charge in [0.1, 0.15) is 11.6 Å². The van der Waals surface area contributed by atoms with Gasteiger partial charge in [-0.05, 0) is 80.5 Å². The van der Waals surface area contributed by atoms with E-state index in [0.29, 0.717) is 18.2 Å². The molecule has 4 saturated carbocycles. The number of ketones is 2. The second-order valence-corrected chi connectivity index (χ2v) is 11.3. The van der Waals surface area contributed by atoms with Crippen LogP contribution in [0, 0.1) is 35.5 Å². The zero-order valence-electron chi connectivity index (χ0n) is 20.5. The third kappa shape index (κ3) is 7.38. The molecule has 4 aliphatic carbocycles. The molecule has 7 atom stereocenters. The van der Waals surface area contributed by atoms with Gasteiger partial charge in [-0.3, -0.25) is 9.59 Å². The number of aliphatic hydroxyl groups excluding tert-OH is 2. The maximum absolute atomic E-state index is 11.4. The Morgan fingerprint density at radius 1 is 0.750 bits per heavy atom. The van der Waals surface area contributed by atoms with Crippen LogP contribution >= 0.6 is 0 Å². The standard InChI is InChI=1S/C15H26O2.C13H22O2/c1-2-13(16)6-4-3-5-11-7-8-12-9-14(17)10-15(11)12;14-7-3-1-2-4-10-5-6-11-8-12(15)9-13(10)11/h11-13,15-16H,2-10H2,1H3;10-11,13-14H,1-9H2. The topological polar surface area (TPSA) is 74.6 Å². The third-order valence-electron chi connectivity index (χ3n) is 9.21. The van der Waals surface area contributed by atoms with E-state index < -0.39 is 0 Å². The maximum Gasteiger partial charge on any atom is 0.133 e. The average Bonchev–Trinajstić information content (AvgIpc) is 3.51. The first-order valence-electron chi connectivity index (χ1n) is 13.8. The lowest BCUT2D eigenvalue weighted by atomic mass is 9.88. The van der Waals surface area contributed by atoms with Crippen LogP contribution in [-0.4, -0.2) is 34.5 Å². The van der Waals surface area contributed by atoms with Gasteiger partial charge in [-0.1, -0.05) is 45.4 Å². The summed E-state index contributed by atoms with van der Waals surface area (Å²) in [4.78, 5) is 22.8. The summed E-state index contributed by atoms with van der Waals surface area (Å²) in [6.07, 6.45) is 18.8. The fourth-order valence-electron chi connectivity index (χ4n) is 7.34. The molecule has 4 aliphatic rings. The van der Waals surface area contributed by atoms with Crippen molar-refractivity contribution in [2.75, 3.05) is 6.61 Å². The smallest absolute Gasteiger partial charge is 0.133 e. The van der Waals surface area contributed by atoms with Crippen molar-refractivity contribution in [3.8, 4) is 0 Å². The minimum absolute atomic E-state index is 0.0978. The number of hydrogen-bond acceptors (Lipinski definition) is 4. The Balaban J connectivity index is 0.000000182. The summed E-state index contributed by atoms with van der Waals surface area (Å²) < 4.78 is 0. The van der Waals surface area contributed by atoms with Crippen LogP contribution in [0.1, 0.15) is 116 Å². The summed E-state index contributed by atoms with van der Waals surface area (Å²) >= 11 is 0. The van der Waals surface area contributed by atoms with E-state index >= 15 is 0 Å². The minimum Gasteiger partial charge on any atom is -0.396 e. The second-order valence-electron chi connectivity index (χ2n) is 11.3. The fourth-order valence-corrected chi connectivity index (χ4v) is 7.34. The molecular weight excluding hydrogens is 400 g/mol. The van der Waals surface area contributed by atoms with Crippen molar-refractivity contribution in [1.82, 2.24) is 0 Å². The van der Waals surface area contributed by atoms with Crippen molar-refractivity contribution in [3.05, 3.63) is 0 Å². The lowest BCUT2D eigenvalue weighted by Crippen LogP contribution is -2.10. The lowest BCUT2D eigenvalue weighted by Gasteiger charge is -2.17. The van der Waals surface area contributed by atoms with Crippen LogP contribution in [0.2, 0.25) is 0 Å². The van der Waals surface area contributed by atoms with Gasteiger partial charge in [0.2, 0.25) is 0 Å². The van der Waals surface area contributed by atoms with Gasteiger partial charge in [0, 0.05) is 32.3 Å². The highest BCUT2D eigenvalue weighted by molar-refractivity contribution is 5.81. The van der Waals surface area contributed by atoms with E-state index in [-0.39, 0.29) is 6.10 Å². The second kappa shape index (κ2) is 13.2. The number of aliphatic hydroxyl groups is 2. The van der Waals surface area contributed by atoms with E-state index in [9.17, 15) is 14.7 Å². The highest BCUT2D eigenvalue weighted by Crippen LogP contribution is 2.48. The Morgan fingerprint density at radius 3 is 1.78 bits per heavy atom. The number of rotatable bonds is 11. The molecule has 7 unspecified atom stereocenters. The van der Waals surface area contributed by atoms with Crippen molar-refractivity contribution >= 4 is 11.6 Å². The first-order chi connectivity index (χ1) is 15.5. The number of carbonyl (C=O) groups is 2. The first kappa shape index (κ1) is 25.9. The number of unbranched alkanes of at least 4 members (excludes halogenated alkanes) is 3. The maximum atomic E-state index is 11.4. The molecule has 0 aromatic rings. The molecule has 0 spiro atoms. The molecule has 4 heteroatoms. The zero-order valence-corrected chi connectivity index (χ0v) is 20.5. The molecule has 0 aromatic carbocycles. The quantitative estimate of drug-likeness (QED) is 0.388. The molecule has 0 heterocycles. The van der Waals surface area contributed by atoms with Crippen molar-refractivity contribution in [3.63, 3.8) is 0 Å². The molecule has 2 N–H and O–H groups in total. The number of carbonyl (C=O) groups excluding carboxylic acids is 2. The molecule has 4 rings (SSSR count). The minimum atomic E-state index is -0.0978. The summed E-state index contributed by atoms with van der Waals surface area (Å²) in [5, 5.41) is 18.2. The molecule has 4 nitrogen and oxygen atoms in total. The van der Waals surface area contributed by atoms with Crippen molar-refractivity contribution in [2.24, 2.45) is 35.5 Å². The summed E-state index contributed by atoms with van der Waals surface area (Å²) in [7, 11) is 0. The van der Waals surface area contributed by atoms with Gasteiger partial charge in [0.15, 0.2) is 0 Å². The summed E-state index contributed by atoms with van der Waals surface area (Å²) in [6, 6.07) is 0. The van der Waals surface area contributed by atoms with Gasteiger partial charge in [0.25, 0.3) is 0 Å². The number of Topliss-reactive ketones (excluding diaryl/α,β-unsaturated/α-hetero) is 2.